The van der Waals surface area contributed by atoms with E-state index < -0.39 is 18.1 Å². The molecular weight excluding hydrogens is 466 g/mol. The largest absolute Gasteiger partial charge is 0.463 e. The summed E-state index contributed by atoms with van der Waals surface area (Å²) < 4.78 is 38.3. The molecule has 0 amide bonds. The van der Waals surface area contributed by atoms with Crippen LogP contribution in [0.1, 0.15) is 12.8 Å². The zero-order valence-corrected chi connectivity index (χ0v) is 19.4. The number of hydrogen-bond acceptors (Lipinski definition) is 6. The highest BCUT2D eigenvalue weighted by molar-refractivity contribution is 6.32. The summed E-state index contributed by atoms with van der Waals surface area (Å²) in [6.07, 6.45) is 2.45. The third-order valence-corrected chi connectivity index (χ3v) is 6.08. The maximum atomic E-state index is 14.8. The van der Waals surface area contributed by atoms with Crippen molar-refractivity contribution in [2.24, 2.45) is 0 Å². The Morgan fingerprint density at radius 3 is 2.50 bits per heavy atom. The number of benzene rings is 2. The molecule has 1 saturated heterocycles. The van der Waals surface area contributed by atoms with E-state index in [1.807, 2.05) is 36.2 Å². The van der Waals surface area contributed by atoms with Gasteiger partial charge in [-0.15, -0.1) is 0 Å². The molecule has 34 heavy (non-hydrogen) atoms. The molecule has 0 unspecified atom stereocenters. The van der Waals surface area contributed by atoms with Crippen molar-refractivity contribution in [3.05, 3.63) is 70.1 Å². The first-order valence-electron chi connectivity index (χ1n) is 10.8. The van der Waals surface area contributed by atoms with E-state index in [9.17, 15) is 13.6 Å². The molecule has 0 spiro atoms. The van der Waals surface area contributed by atoms with E-state index in [0.29, 0.717) is 30.9 Å². The summed E-state index contributed by atoms with van der Waals surface area (Å²) in [5.41, 5.74) is 0.542. The molecule has 1 N–H and O–H groups in total. The van der Waals surface area contributed by atoms with Crippen LogP contribution in [-0.4, -0.2) is 49.1 Å². The van der Waals surface area contributed by atoms with E-state index >= 15 is 0 Å². The molecule has 1 fully saturated rings. The van der Waals surface area contributed by atoms with Gasteiger partial charge >= 0.3 is 0 Å². The molecule has 1 aliphatic heterocycles. The third-order valence-electron chi connectivity index (χ3n) is 5.72. The lowest BCUT2D eigenvalue weighted by molar-refractivity contribution is -0.0234. The molecule has 2 heterocycles. The maximum Gasteiger partial charge on any atom is 0.292 e. The fourth-order valence-corrected chi connectivity index (χ4v) is 3.94. The normalized spacial score (nSPS) is 17.9. The number of aromatic nitrogens is 2. The van der Waals surface area contributed by atoms with Gasteiger partial charge in [0.15, 0.2) is 5.67 Å². The Hall–Kier alpha value is -3.17. The lowest BCUT2D eigenvalue weighted by atomic mass is 9.99. The van der Waals surface area contributed by atoms with Crippen molar-refractivity contribution >= 4 is 28.7 Å². The van der Waals surface area contributed by atoms with Crippen molar-refractivity contribution in [3.63, 3.8) is 0 Å². The SMILES string of the molecule is CN(c1ccc(OCF)cc1)c1ccc(-n2ncc(NC[C@@]3(F)CCCOC3)c(Cl)c2=O)cc1. The second-order valence-corrected chi connectivity index (χ2v) is 8.45. The van der Waals surface area contributed by atoms with Crippen molar-refractivity contribution in [2.45, 2.75) is 18.5 Å². The zero-order chi connectivity index (χ0) is 24.1. The average Bonchev–Trinajstić information content (AvgIpc) is 2.86. The smallest absolute Gasteiger partial charge is 0.292 e. The van der Waals surface area contributed by atoms with Gasteiger partial charge < -0.3 is 19.7 Å². The first-order valence-corrected chi connectivity index (χ1v) is 11.2. The summed E-state index contributed by atoms with van der Waals surface area (Å²) in [7, 11) is 1.89. The van der Waals surface area contributed by atoms with Crippen LogP contribution in [0.5, 0.6) is 5.75 Å². The Bertz CT molecular complexity index is 1170. The van der Waals surface area contributed by atoms with Crippen LogP contribution >= 0.6 is 11.6 Å². The molecule has 0 aliphatic carbocycles. The highest BCUT2D eigenvalue weighted by atomic mass is 35.5. The molecule has 0 bridgehead atoms. The Kier molecular flexibility index (Phi) is 7.33. The van der Waals surface area contributed by atoms with Crippen molar-refractivity contribution in [2.75, 3.05) is 43.9 Å². The fraction of sp³-hybridized carbons (Fsp3) is 0.333. The minimum Gasteiger partial charge on any atom is -0.463 e. The summed E-state index contributed by atoms with van der Waals surface area (Å²) in [5, 5.41) is 7.04. The minimum absolute atomic E-state index is 0.0124. The first-order chi connectivity index (χ1) is 16.4. The fourth-order valence-electron chi connectivity index (χ4n) is 3.75. The third kappa shape index (κ3) is 5.31. The molecule has 4 rings (SSSR count). The Balaban J connectivity index is 1.47. The zero-order valence-electron chi connectivity index (χ0n) is 18.6. The van der Waals surface area contributed by atoms with E-state index in [-0.39, 0.29) is 23.9 Å². The van der Waals surface area contributed by atoms with Gasteiger partial charge in [-0.05, 0) is 61.4 Å². The van der Waals surface area contributed by atoms with Crippen LogP contribution in [0, 0.1) is 0 Å². The summed E-state index contributed by atoms with van der Waals surface area (Å²) >= 11 is 6.28. The summed E-state index contributed by atoms with van der Waals surface area (Å²) in [4.78, 5) is 14.7. The molecule has 0 saturated carbocycles. The van der Waals surface area contributed by atoms with Gasteiger partial charge in [0, 0.05) is 25.0 Å². The van der Waals surface area contributed by atoms with Crippen LogP contribution < -0.4 is 20.5 Å². The average molecular weight is 491 g/mol. The van der Waals surface area contributed by atoms with Crippen LogP contribution in [0.2, 0.25) is 5.02 Å². The maximum absolute atomic E-state index is 14.8. The summed E-state index contributed by atoms with van der Waals surface area (Å²) in [5.74, 6) is 0.448. The van der Waals surface area contributed by atoms with Crippen LogP contribution in [0.25, 0.3) is 5.69 Å². The topological polar surface area (TPSA) is 68.6 Å². The number of anilines is 3. The predicted molar refractivity (Wildman–Crippen MR) is 128 cm³/mol. The molecule has 2 aromatic carbocycles. The van der Waals surface area contributed by atoms with Gasteiger partial charge in [-0.1, -0.05) is 11.6 Å². The number of nitrogens with one attached hydrogen (secondary N) is 1. The molecule has 180 valence electrons. The first kappa shape index (κ1) is 24.0. The molecule has 0 radical (unpaired) electrons. The number of rotatable bonds is 8. The Morgan fingerprint density at radius 1 is 1.21 bits per heavy atom. The lowest BCUT2D eigenvalue weighted by Gasteiger charge is -2.29. The van der Waals surface area contributed by atoms with Gasteiger partial charge in [-0.3, -0.25) is 4.79 Å². The number of alkyl halides is 2. The second kappa shape index (κ2) is 10.4. The quantitative estimate of drug-likeness (QED) is 0.485. The van der Waals surface area contributed by atoms with Gasteiger partial charge in [0.05, 0.1) is 30.7 Å². The van der Waals surface area contributed by atoms with Gasteiger partial charge in [-0.2, -0.15) is 9.78 Å². The molecule has 7 nitrogen and oxygen atoms in total. The van der Waals surface area contributed by atoms with E-state index in [2.05, 4.69) is 10.4 Å². The van der Waals surface area contributed by atoms with E-state index in [0.717, 1.165) is 11.4 Å². The van der Waals surface area contributed by atoms with Gasteiger partial charge in [-0.25, -0.2) is 8.78 Å². The Labute approximate surface area is 200 Å². The van der Waals surface area contributed by atoms with Crippen LogP contribution in [0.15, 0.2) is 59.5 Å². The van der Waals surface area contributed by atoms with Crippen molar-refractivity contribution < 1.29 is 18.3 Å². The summed E-state index contributed by atoms with van der Waals surface area (Å²) in [6.45, 7) is -0.324. The van der Waals surface area contributed by atoms with Gasteiger partial charge in [0.2, 0.25) is 6.86 Å². The van der Waals surface area contributed by atoms with Crippen molar-refractivity contribution in [3.8, 4) is 11.4 Å². The highest BCUT2D eigenvalue weighted by Gasteiger charge is 2.32. The molecule has 1 aliphatic rings. The predicted octanol–water partition coefficient (Wildman–Crippen LogP) is 4.89. The van der Waals surface area contributed by atoms with Gasteiger partial charge in [0.25, 0.3) is 5.56 Å². The van der Waals surface area contributed by atoms with Crippen LogP contribution in [-0.2, 0) is 4.74 Å². The minimum atomic E-state index is -1.50. The van der Waals surface area contributed by atoms with Crippen molar-refractivity contribution in [1.82, 2.24) is 9.78 Å². The monoisotopic (exact) mass is 490 g/mol. The van der Waals surface area contributed by atoms with Gasteiger partial charge in [0.1, 0.15) is 10.8 Å². The standard InChI is InChI=1S/C24H25ClF2N4O3/c1-30(18-7-9-20(10-8-18)34-16-26)17-3-5-19(6-4-17)31-23(32)22(25)21(13-29-31)28-14-24(27)11-2-12-33-15-24/h3-10,13,28H,2,11-12,14-16H2,1H3/t24-/m0/s1. The molecule has 10 heteroatoms. The number of nitrogens with zero attached hydrogens (tertiary/aromatic N) is 3. The van der Waals surface area contributed by atoms with Crippen LogP contribution in [0.3, 0.4) is 0 Å². The lowest BCUT2D eigenvalue weighted by Crippen LogP contribution is -2.40. The second-order valence-electron chi connectivity index (χ2n) is 8.07. The van der Waals surface area contributed by atoms with Crippen LogP contribution in [0.4, 0.5) is 25.8 Å². The molecule has 3 aromatic rings. The number of hydrogen-bond donors (Lipinski definition) is 1. The molecule has 1 aromatic heterocycles. The molecular formula is C24H25ClF2N4O3. The number of halogens is 3. The van der Waals surface area contributed by atoms with E-state index in [1.54, 1.807) is 24.3 Å². The molecule has 1 atom stereocenters. The van der Waals surface area contributed by atoms with E-state index in [1.165, 1.54) is 10.9 Å². The number of ether oxygens (including phenoxy) is 2. The van der Waals surface area contributed by atoms with E-state index in [4.69, 9.17) is 21.1 Å². The summed E-state index contributed by atoms with van der Waals surface area (Å²) in [6, 6.07) is 14.2. The highest BCUT2D eigenvalue weighted by Crippen LogP contribution is 2.27. The van der Waals surface area contributed by atoms with Crippen molar-refractivity contribution in [1.29, 1.82) is 0 Å². The Morgan fingerprint density at radius 2 is 1.88 bits per heavy atom.